The van der Waals surface area contributed by atoms with Crippen molar-refractivity contribution in [1.82, 2.24) is 0 Å². The molecule has 0 amide bonds. The van der Waals surface area contributed by atoms with Crippen molar-refractivity contribution in [3.05, 3.63) is 33.8 Å². The third-order valence-corrected chi connectivity index (χ3v) is 2.90. The van der Waals surface area contributed by atoms with E-state index in [-0.39, 0.29) is 5.78 Å². The smallest absolute Gasteiger partial charge is 0.176 e. The highest BCUT2D eigenvalue weighted by molar-refractivity contribution is 6.42. The summed E-state index contributed by atoms with van der Waals surface area (Å²) >= 11 is 11.7. The largest absolute Gasteiger partial charge is 0.399 e. The van der Waals surface area contributed by atoms with Crippen LogP contribution in [0.1, 0.15) is 10.4 Å². The normalized spacial score (nSPS) is 12.8. The molecule has 1 unspecified atom stereocenters. The minimum atomic E-state index is -0.711. The summed E-state index contributed by atoms with van der Waals surface area (Å²) in [5.74, 6) is -0.961. The zero-order valence-corrected chi connectivity index (χ0v) is 11.9. The van der Waals surface area contributed by atoms with Crippen LogP contribution in [0.5, 0.6) is 0 Å². The lowest BCUT2D eigenvalue weighted by Crippen LogP contribution is -2.18. The van der Waals surface area contributed by atoms with E-state index in [1.54, 1.807) is 12.1 Å². The quantitative estimate of drug-likeness (QED) is 0.461. The maximum atomic E-state index is 12.2. The van der Waals surface area contributed by atoms with Crippen molar-refractivity contribution in [1.29, 1.82) is 0 Å². The maximum Gasteiger partial charge on any atom is 0.176 e. The van der Waals surface area contributed by atoms with Gasteiger partial charge in [-0.25, -0.2) is 0 Å². The topological polar surface area (TPSA) is 60.3 Å². The third-order valence-electron chi connectivity index (χ3n) is 2.16. The van der Waals surface area contributed by atoms with Crippen molar-refractivity contribution in [2.75, 3.05) is 14.2 Å². The van der Waals surface area contributed by atoms with E-state index >= 15 is 0 Å². The van der Waals surface area contributed by atoms with Crippen LogP contribution in [0.15, 0.2) is 28.5 Å². The van der Waals surface area contributed by atoms with Gasteiger partial charge in [0.25, 0.3) is 0 Å². The van der Waals surface area contributed by atoms with Gasteiger partial charge in [0.2, 0.25) is 0 Å². The van der Waals surface area contributed by atoms with E-state index in [4.69, 9.17) is 23.2 Å². The zero-order valence-electron chi connectivity index (χ0n) is 10.3. The second-order valence-corrected chi connectivity index (χ2v) is 4.21. The van der Waals surface area contributed by atoms with Crippen LogP contribution in [-0.4, -0.2) is 32.4 Å². The number of carbonyl (C=O) groups excluding carboxylic acids is 1. The van der Waals surface area contributed by atoms with E-state index < -0.39 is 5.92 Å². The van der Waals surface area contributed by atoms with Crippen LogP contribution in [0.3, 0.4) is 0 Å². The number of halogens is 2. The van der Waals surface area contributed by atoms with Crippen LogP contribution in [0, 0.1) is 5.92 Å². The van der Waals surface area contributed by atoms with Crippen LogP contribution in [-0.2, 0) is 9.68 Å². The second kappa shape index (κ2) is 7.76. The van der Waals surface area contributed by atoms with E-state index in [0.717, 1.165) is 0 Å². The Bertz CT molecular complexity index is 490. The molecular weight excluding hydrogens is 291 g/mol. The molecule has 0 aliphatic carbocycles. The number of rotatable bonds is 6. The molecule has 5 nitrogen and oxygen atoms in total. The van der Waals surface area contributed by atoms with Gasteiger partial charge in [-0.1, -0.05) is 33.5 Å². The number of hydrogen-bond donors (Lipinski definition) is 0. The number of Topliss-reactive ketones (excluding diaryl/α,β-unsaturated/α-hetero) is 1. The first kappa shape index (κ1) is 15.5. The SMILES string of the molecule is CON=CC(/C=N\OC)C(=O)c1ccc(Cl)c(Cl)c1. The second-order valence-electron chi connectivity index (χ2n) is 3.39. The molecule has 7 heteroatoms. The average Bonchev–Trinajstić information content (AvgIpc) is 2.41. The Labute approximate surface area is 120 Å². The monoisotopic (exact) mass is 302 g/mol. The van der Waals surface area contributed by atoms with Crippen LogP contribution < -0.4 is 0 Å². The van der Waals surface area contributed by atoms with Gasteiger partial charge >= 0.3 is 0 Å². The summed E-state index contributed by atoms with van der Waals surface area (Å²) in [6.07, 6.45) is 2.63. The van der Waals surface area contributed by atoms with Gasteiger partial charge in [0.1, 0.15) is 14.2 Å². The van der Waals surface area contributed by atoms with Gasteiger partial charge in [0.15, 0.2) is 5.78 Å². The van der Waals surface area contributed by atoms with Gasteiger partial charge < -0.3 is 9.68 Å². The Morgan fingerprint density at radius 2 is 1.74 bits per heavy atom. The molecule has 0 radical (unpaired) electrons. The lowest BCUT2D eigenvalue weighted by molar-refractivity contribution is 0.0978. The van der Waals surface area contributed by atoms with Crippen molar-refractivity contribution in [2.24, 2.45) is 16.2 Å². The summed E-state index contributed by atoms with van der Waals surface area (Å²) < 4.78 is 0. The standard InChI is InChI=1S/C12H12Cl2N2O3/c1-18-15-6-9(7-16-19-2)12(17)8-3-4-10(13)11(14)5-8/h3-7,9H,1-2H3/b15-6-,16-7?. The van der Waals surface area contributed by atoms with E-state index in [1.807, 2.05) is 0 Å². The number of oxime groups is 2. The first-order valence-corrected chi connectivity index (χ1v) is 5.98. The van der Waals surface area contributed by atoms with Gasteiger partial charge in [-0.2, -0.15) is 0 Å². The first-order chi connectivity index (χ1) is 9.10. The molecule has 0 aromatic heterocycles. The molecule has 0 N–H and O–H groups in total. The number of hydrogen-bond acceptors (Lipinski definition) is 5. The minimum absolute atomic E-state index is 0.250. The number of carbonyl (C=O) groups is 1. The van der Waals surface area contributed by atoms with Crippen molar-refractivity contribution in [3.8, 4) is 0 Å². The van der Waals surface area contributed by atoms with Crippen molar-refractivity contribution >= 4 is 41.4 Å². The van der Waals surface area contributed by atoms with E-state index in [9.17, 15) is 4.79 Å². The fraction of sp³-hybridized carbons (Fsp3) is 0.250. The summed E-state index contributed by atoms with van der Waals surface area (Å²) in [4.78, 5) is 21.3. The molecule has 0 heterocycles. The molecule has 102 valence electrons. The molecule has 1 aromatic carbocycles. The molecule has 1 rings (SSSR count). The maximum absolute atomic E-state index is 12.2. The number of nitrogens with zero attached hydrogens (tertiary/aromatic N) is 2. The van der Waals surface area contributed by atoms with Crippen LogP contribution in [0.2, 0.25) is 10.0 Å². The minimum Gasteiger partial charge on any atom is -0.399 e. The molecule has 0 aliphatic rings. The molecule has 0 fully saturated rings. The van der Waals surface area contributed by atoms with Crippen molar-refractivity contribution < 1.29 is 14.5 Å². The highest BCUT2D eigenvalue weighted by Crippen LogP contribution is 2.23. The number of ketones is 1. The molecule has 0 spiro atoms. The Morgan fingerprint density at radius 3 is 2.21 bits per heavy atom. The average molecular weight is 303 g/mol. The Hall–Kier alpha value is -1.59. The van der Waals surface area contributed by atoms with Crippen molar-refractivity contribution in [3.63, 3.8) is 0 Å². The lowest BCUT2D eigenvalue weighted by Gasteiger charge is -2.06. The van der Waals surface area contributed by atoms with E-state index in [2.05, 4.69) is 20.0 Å². The fourth-order valence-corrected chi connectivity index (χ4v) is 1.57. The van der Waals surface area contributed by atoms with Gasteiger partial charge in [0.05, 0.1) is 28.4 Å². The molecule has 0 saturated carbocycles. The summed E-state index contributed by atoms with van der Waals surface area (Å²) in [6, 6.07) is 4.61. The molecule has 0 aliphatic heterocycles. The molecule has 19 heavy (non-hydrogen) atoms. The molecule has 0 bridgehead atoms. The Morgan fingerprint density at radius 1 is 1.16 bits per heavy atom. The van der Waals surface area contributed by atoms with E-state index in [1.165, 1.54) is 32.7 Å². The van der Waals surface area contributed by atoms with Crippen LogP contribution in [0.25, 0.3) is 0 Å². The van der Waals surface area contributed by atoms with Gasteiger partial charge in [-0.3, -0.25) is 4.79 Å². The van der Waals surface area contributed by atoms with Gasteiger partial charge in [-0.05, 0) is 18.2 Å². The predicted molar refractivity (Wildman–Crippen MR) is 75.3 cm³/mol. The number of benzene rings is 1. The molecule has 0 saturated heterocycles. The van der Waals surface area contributed by atoms with Gasteiger partial charge in [-0.15, -0.1) is 0 Å². The predicted octanol–water partition coefficient (Wildman–Crippen LogP) is 3.06. The molecule has 1 aromatic rings. The van der Waals surface area contributed by atoms with Gasteiger partial charge in [0, 0.05) is 5.56 Å². The van der Waals surface area contributed by atoms with E-state index in [0.29, 0.717) is 15.6 Å². The third kappa shape index (κ3) is 4.54. The highest BCUT2D eigenvalue weighted by atomic mass is 35.5. The zero-order chi connectivity index (χ0) is 14.3. The summed E-state index contributed by atoms with van der Waals surface area (Å²) in [6.45, 7) is 0. The van der Waals surface area contributed by atoms with Crippen LogP contribution >= 0.6 is 23.2 Å². The fourth-order valence-electron chi connectivity index (χ4n) is 1.27. The molecule has 1 atom stereocenters. The van der Waals surface area contributed by atoms with Crippen LogP contribution in [0.4, 0.5) is 0 Å². The Kier molecular flexibility index (Phi) is 6.32. The van der Waals surface area contributed by atoms with Crippen molar-refractivity contribution in [2.45, 2.75) is 0 Å². The molecular formula is C12H12Cl2N2O3. The lowest BCUT2D eigenvalue weighted by atomic mass is 10.00. The summed E-state index contributed by atoms with van der Waals surface area (Å²) in [5, 5.41) is 7.80. The summed E-state index contributed by atoms with van der Waals surface area (Å²) in [7, 11) is 2.76. The summed E-state index contributed by atoms with van der Waals surface area (Å²) in [5.41, 5.74) is 0.393. The Balaban J connectivity index is 3.00. The highest BCUT2D eigenvalue weighted by Gasteiger charge is 2.18. The first-order valence-electron chi connectivity index (χ1n) is 5.22.